The number of carbonyl (C=O) groups is 2. The van der Waals surface area contributed by atoms with Crippen molar-refractivity contribution in [2.75, 3.05) is 26.2 Å². The van der Waals surface area contributed by atoms with Gasteiger partial charge in [0, 0.05) is 56.2 Å². The molecule has 1 saturated heterocycles. The van der Waals surface area contributed by atoms with Crippen molar-refractivity contribution in [3.8, 4) is 0 Å². The summed E-state index contributed by atoms with van der Waals surface area (Å²) < 4.78 is 12.1. The molecule has 8 nitrogen and oxygen atoms in total. The lowest BCUT2D eigenvalue weighted by Crippen LogP contribution is -2.43. The summed E-state index contributed by atoms with van der Waals surface area (Å²) in [4.78, 5) is 38.8. The Morgan fingerprint density at radius 2 is 2.03 bits per heavy atom. The Morgan fingerprint density at radius 3 is 2.74 bits per heavy atom. The molecule has 170 valence electrons. The van der Waals surface area contributed by atoms with Crippen LogP contribution in [0.25, 0.3) is 11.1 Å². The number of carbonyl (C=O) groups excluding carboxylic acids is 2. The van der Waals surface area contributed by atoms with E-state index in [1.807, 2.05) is 13.8 Å². The summed E-state index contributed by atoms with van der Waals surface area (Å²) >= 11 is 5.93. The van der Waals surface area contributed by atoms with Gasteiger partial charge in [-0.2, -0.15) is 0 Å². The van der Waals surface area contributed by atoms with Gasteiger partial charge in [0.15, 0.2) is 5.58 Å². The van der Waals surface area contributed by atoms with Crippen LogP contribution in [0.4, 0.5) is 0 Å². The predicted molar refractivity (Wildman–Crippen MR) is 118 cm³/mol. The Morgan fingerprint density at radius 1 is 1.29 bits per heavy atom. The number of amides is 2. The zero-order chi connectivity index (χ0) is 22.4. The molecule has 1 aliphatic heterocycles. The van der Waals surface area contributed by atoms with E-state index in [0.29, 0.717) is 55.2 Å². The fraction of sp³-hybridized carbons (Fsp3) is 0.591. The number of oxazole rings is 1. The van der Waals surface area contributed by atoms with E-state index in [4.69, 9.17) is 20.8 Å². The van der Waals surface area contributed by atoms with E-state index in [9.17, 15) is 14.4 Å². The van der Waals surface area contributed by atoms with Gasteiger partial charge in [-0.3, -0.25) is 14.2 Å². The van der Waals surface area contributed by atoms with Gasteiger partial charge in [0.05, 0.1) is 11.6 Å². The summed E-state index contributed by atoms with van der Waals surface area (Å²) in [6.45, 7) is 6.54. The molecule has 2 aromatic rings. The van der Waals surface area contributed by atoms with Crippen molar-refractivity contribution in [3.63, 3.8) is 0 Å². The lowest BCUT2D eigenvalue weighted by Gasteiger charge is -2.31. The topological polar surface area (TPSA) is 93.8 Å². The summed E-state index contributed by atoms with van der Waals surface area (Å²) in [5, 5.41) is 3.45. The van der Waals surface area contributed by atoms with Gasteiger partial charge in [0.2, 0.25) is 11.8 Å². The van der Waals surface area contributed by atoms with Gasteiger partial charge >= 0.3 is 5.76 Å². The largest absolute Gasteiger partial charge is 0.419 e. The molecule has 0 spiro atoms. The Kier molecular flexibility index (Phi) is 8.15. The number of nitrogens with one attached hydrogen (secondary N) is 1. The van der Waals surface area contributed by atoms with Crippen LogP contribution >= 0.6 is 11.6 Å². The van der Waals surface area contributed by atoms with Crippen LogP contribution in [0, 0.1) is 5.92 Å². The highest BCUT2D eigenvalue weighted by molar-refractivity contribution is 6.31. The molecule has 2 amide bonds. The lowest BCUT2D eigenvalue weighted by molar-refractivity contribution is -0.135. The van der Waals surface area contributed by atoms with Crippen molar-refractivity contribution >= 4 is 34.5 Å². The van der Waals surface area contributed by atoms with E-state index >= 15 is 0 Å². The van der Waals surface area contributed by atoms with Crippen LogP contribution in [0.15, 0.2) is 27.4 Å². The Bertz CT molecular complexity index is 960. The van der Waals surface area contributed by atoms with Crippen LogP contribution < -0.4 is 11.1 Å². The van der Waals surface area contributed by atoms with Gasteiger partial charge in [-0.25, -0.2) is 4.79 Å². The van der Waals surface area contributed by atoms with Crippen molar-refractivity contribution in [1.29, 1.82) is 0 Å². The maximum absolute atomic E-state index is 12.6. The number of aromatic nitrogens is 1. The number of aryl methyl sites for hydroxylation is 1. The third kappa shape index (κ3) is 6.33. The second-order valence-electron chi connectivity index (χ2n) is 8.10. The quantitative estimate of drug-likeness (QED) is 0.591. The van der Waals surface area contributed by atoms with E-state index in [-0.39, 0.29) is 36.8 Å². The third-order valence-electron chi connectivity index (χ3n) is 5.47. The van der Waals surface area contributed by atoms with Crippen molar-refractivity contribution in [3.05, 3.63) is 33.8 Å². The molecule has 1 aromatic heterocycles. The number of ether oxygens (including phenoxy) is 1. The molecule has 1 fully saturated rings. The normalized spacial score (nSPS) is 15.0. The number of fused-ring (bicyclic) bond motifs is 1. The molecule has 1 N–H and O–H groups in total. The molecule has 3 rings (SSSR count). The second-order valence-corrected chi connectivity index (χ2v) is 8.54. The SMILES string of the molecule is CC(C)OCCCNC(=O)C1CCN(C(=O)CCn2c(=O)oc3cc(Cl)ccc32)CC1. The van der Waals surface area contributed by atoms with E-state index in [1.54, 1.807) is 23.1 Å². The minimum atomic E-state index is -0.501. The van der Waals surface area contributed by atoms with Crippen LogP contribution in [-0.4, -0.2) is 53.6 Å². The molecule has 0 bridgehead atoms. The highest BCUT2D eigenvalue weighted by atomic mass is 35.5. The number of hydrogen-bond donors (Lipinski definition) is 1. The first kappa shape index (κ1) is 23.3. The van der Waals surface area contributed by atoms with Crippen LogP contribution in [-0.2, 0) is 20.9 Å². The van der Waals surface area contributed by atoms with Gasteiger partial charge in [-0.1, -0.05) is 11.6 Å². The fourth-order valence-electron chi connectivity index (χ4n) is 3.76. The number of nitrogens with zero attached hydrogens (tertiary/aromatic N) is 2. The van der Waals surface area contributed by atoms with Gasteiger partial charge < -0.3 is 19.4 Å². The monoisotopic (exact) mass is 451 g/mol. The van der Waals surface area contributed by atoms with Crippen LogP contribution in [0.3, 0.4) is 0 Å². The van der Waals surface area contributed by atoms with E-state index < -0.39 is 5.76 Å². The van der Waals surface area contributed by atoms with Gasteiger partial charge in [0.25, 0.3) is 0 Å². The van der Waals surface area contributed by atoms with Crippen LogP contribution in [0.5, 0.6) is 0 Å². The molecule has 31 heavy (non-hydrogen) atoms. The number of halogens is 1. The minimum Gasteiger partial charge on any atom is -0.408 e. The smallest absolute Gasteiger partial charge is 0.408 e. The van der Waals surface area contributed by atoms with E-state index in [2.05, 4.69) is 5.32 Å². The number of piperidine rings is 1. The average Bonchev–Trinajstić information content (AvgIpc) is 3.05. The first-order valence-corrected chi connectivity index (χ1v) is 11.2. The molecule has 0 saturated carbocycles. The molecule has 1 aromatic carbocycles. The molecule has 1 aliphatic rings. The molecular formula is C22H30ClN3O5. The zero-order valence-electron chi connectivity index (χ0n) is 18.1. The molecule has 9 heteroatoms. The molecule has 0 unspecified atom stereocenters. The molecule has 0 aliphatic carbocycles. The Balaban J connectivity index is 1.42. The van der Waals surface area contributed by atoms with Gasteiger partial charge in [-0.05, 0) is 45.2 Å². The van der Waals surface area contributed by atoms with Crippen molar-refractivity contribution < 1.29 is 18.7 Å². The molecular weight excluding hydrogens is 422 g/mol. The van der Waals surface area contributed by atoms with Crippen molar-refractivity contribution in [2.24, 2.45) is 5.92 Å². The van der Waals surface area contributed by atoms with Crippen molar-refractivity contribution in [1.82, 2.24) is 14.8 Å². The van der Waals surface area contributed by atoms with Crippen molar-refractivity contribution in [2.45, 2.75) is 52.2 Å². The number of rotatable bonds is 9. The number of hydrogen-bond acceptors (Lipinski definition) is 5. The summed E-state index contributed by atoms with van der Waals surface area (Å²) in [6, 6.07) is 4.99. The van der Waals surface area contributed by atoms with E-state index in [0.717, 1.165) is 6.42 Å². The zero-order valence-corrected chi connectivity index (χ0v) is 18.8. The standard InChI is InChI=1S/C22H30ClN3O5/c1-15(2)30-13-3-9-24-21(28)16-6-10-25(11-7-16)20(27)8-12-26-18-5-4-17(23)14-19(18)31-22(26)29/h4-5,14-16H,3,6-13H2,1-2H3,(H,24,28). The molecule has 0 radical (unpaired) electrons. The lowest BCUT2D eigenvalue weighted by atomic mass is 9.95. The highest BCUT2D eigenvalue weighted by Crippen LogP contribution is 2.20. The Hall–Kier alpha value is -2.32. The summed E-state index contributed by atoms with van der Waals surface area (Å²) in [6.07, 6.45) is 2.47. The fourth-order valence-corrected chi connectivity index (χ4v) is 3.92. The van der Waals surface area contributed by atoms with Crippen LogP contribution in [0.1, 0.15) is 39.5 Å². The second kappa shape index (κ2) is 10.8. The summed E-state index contributed by atoms with van der Waals surface area (Å²) in [5.41, 5.74) is 1.03. The van der Waals surface area contributed by atoms with Gasteiger partial charge in [-0.15, -0.1) is 0 Å². The number of benzene rings is 1. The van der Waals surface area contributed by atoms with Crippen LogP contribution in [0.2, 0.25) is 5.02 Å². The maximum atomic E-state index is 12.6. The molecule has 2 heterocycles. The molecule has 0 atom stereocenters. The number of likely N-dealkylation sites (tertiary alicyclic amines) is 1. The third-order valence-corrected chi connectivity index (χ3v) is 5.70. The minimum absolute atomic E-state index is 0.0279. The summed E-state index contributed by atoms with van der Waals surface area (Å²) in [5.74, 6) is -0.550. The van der Waals surface area contributed by atoms with Gasteiger partial charge in [0.1, 0.15) is 0 Å². The Labute approximate surface area is 186 Å². The van der Waals surface area contributed by atoms with E-state index in [1.165, 1.54) is 4.57 Å². The first-order chi connectivity index (χ1) is 14.8. The summed E-state index contributed by atoms with van der Waals surface area (Å²) in [7, 11) is 0. The maximum Gasteiger partial charge on any atom is 0.419 e. The first-order valence-electron chi connectivity index (χ1n) is 10.8. The average molecular weight is 452 g/mol. The highest BCUT2D eigenvalue weighted by Gasteiger charge is 2.27. The predicted octanol–water partition coefficient (Wildman–Crippen LogP) is 2.81.